The Labute approximate surface area is 130 Å². The van der Waals surface area contributed by atoms with Crippen molar-refractivity contribution >= 4 is 23.2 Å². The first kappa shape index (κ1) is 15.8. The Morgan fingerprint density at radius 1 is 1.57 bits per heavy atom. The number of hydrogen-bond donors (Lipinski definition) is 2. The lowest BCUT2D eigenvalue weighted by Crippen LogP contribution is -2.41. The fourth-order valence-corrected chi connectivity index (χ4v) is 2.67. The summed E-state index contributed by atoms with van der Waals surface area (Å²) in [5.41, 5.74) is 0. The number of carbonyl (C=O) groups excluding carboxylic acids is 1. The van der Waals surface area contributed by atoms with Crippen LogP contribution in [-0.4, -0.2) is 43.4 Å². The molecule has 2 rings (SSSR count). The monoisotopic (exact) mass is 308 g/mol. The highest BCUT2D eigenvalue weighted by Gasteiger charge is 2.33. The van der Waals surface area contributed by atoms with Crippen LogP contribution >= 0.6 is 11.3 Å². The van der Waals surface area contributed by atoms with Gasteiger partial charge in [-0.05, 0) is 30.7 Å². The maximum atomic E-state index is 11.7. The number of thiophene rings is 1. The largest absolute Gasteiger partial charge is 0.353 e. The second-order valence-electron chi connectivity index (χ2n) is 5.80. The van der Waals surface area contributed by atoms with E-state index in [9.17, 15) is 4.79 Å². The maximum absolute atomic E-state index is 11.7. The molecule has 3 unspecified atom stereocenters. The average molecular weight is 308 g/mol. The van der Waals surface area contributed by atoms with Gasteiger partial charge in [0.25, 0.3) is 0 Å². The number of likely N-dealkylation sites (N-methyl/N-ethyl adjacent to an activating group) is 1. The van der Waals surface area contributed by atoms with Gasteiger partial charge in [0.2, 0.25) is 5.91 Å². The van der Waals surface area contributed by atoms with Crippen LogP contribution in [0.25, 0.3) is 0 Å². The van der Waals surface area contributed by atoms with Gasteiger partial charge in [-0.2, -0.15) is 0 Å². The predicted molar refractivity (Wildman–Crippen MR) is 87.6 cm³/mol. The van der Waals surface area contributed by atoms with Crippen LogP contribution in [0, 0.1) is 5.92 Å². The molecule has 1 amide bonds. The number of aliphatic imine (C=N–C) groups is 1. The van der Waals surface area contributed by atoms with Crippen molar-refractivity contribution in [3.8, 4) is 0 Å². The van der Waals surface area contributed by atoms with Crippen LogP contribution in [0.4, 0.5) is 0 Å². The van der Waals surface area contributed by atoms with Crippen molar-refractivity contribution in [1.82, 2.24) is 15.5 Å². The number of nitrogens with one attached hydrogen (secondary N) is 2. The van der Waals surface area contributed by atoms with Crippen LogP contribution < -0.4 is 10.6 Å². The molecule has 0 aliphatic heterocycles. The van der Waals surface area contributed by atoms with E-state index >= 15 is 0 Å². The Morgan fingerprint density at radius 3 is 2.81 bits per heavy atom. The molecular formula is C15H24N4OS. The minimum atomic E-state index is 0.00345. The summed E-state index contributed by atoms with van der Waals surface area (Å²) in [5.74, 6) is 1.41. The molecule has 6 heteroatoms. The van der Waals surface area contributed by atoms with E-state index in [0.717, 1.165) is 12.4 Å². The molecule has 21 heavy (non-hydrogen) atoms. The molecule has 0 radical (unpaired) electrons. The molecule has 2 N–H and O–H groups in total. The van der Waals surface area contributed by atoms with Crippen LogP contribution in [0.3, 0.4) is 0 Å². The van der Waals surface area contributed by atoms with Gasteiger partial charge in [-0.15, -0.1) is 11.3 Å². The van der Waals surface area contributed by atoms with E-state index in [1.54, 1.807) is 30.3 Å². The van der Waals surface area contributed by atoms with Crippen LogP contribution in [0.2, 0.25) is 0 Å². The molecule has 1 saturated carbocycles. The molecule has 0 spiro atoms. The van der Waals surface area contributed by atoms with Crippen LogP contribution in [0.15, 0.2) is 22.5 Å². The Balaban J connectivity index is 1.97. The Morgan fingerprint density at radius 2 is 2.29 bits per heavy atom. The molecule has 0 bridgehead atoms. The van der Waals surface area contributed by atoms with Crippen LogP contribution in [0.1, 0.15) is 31.2 Å². The molecule has 1 aromatic rings. The number of nitrogens with zero attached hydrogens (tertiary/aromatic N) is 2. The first-order valence-electron chi connectivity index (χ1n) is 7.28. The predicted octanol–water partition coefficient (Wildman–Crippen LogP) is 1.84. The van der Waals surface area contributed by atoms with Gasteiger partial charge in [0.05, 0.1) is 6.04 Å². The van der Waals surface area contributed by atoms with Crippen molar-refractivity contribution in [1.29, 1.82) is 0 Å². The second-order valence-corrected chi connectivity index (χ2v) is 6.78. The second kappa shape index (κ2) is 6.93. The highest BCUT2D eigenvalue weighted by Crippen LogP contribution is 2.29. The molecule has 0 saturated heterocycles. The van der Waals surface area contributed by atoms with Gasteiger partial charge in [-0.25, -0.2) is 4.99 Å². The van der Waals surface area contributed by atoms with E-state index in [2.05, 4.69) is 40.9 Å². The minimum Gasteiger partial charge on any atom is -0.353 e. The van der Waals surface area contributed by atoms with E-state index in [1.165, 1.54) is 4.88 Å². The highest BCUT2D eigenvalue weighted by molar-refractivity contribution is 7.10. The van der Waals surface area contributed by atoms with Gasteiger partial charge in [0, 0.05) is 25.0 Å². The van der Waals surface area contributed by atoms with Crippen molar-refractivity contribution in [2.75, 3.05) is 20.6 Å². The molecule has 3 atom stereocenters. The molecular weight excluding hydrogens is 284 g/mol. The summed E-state index contributed by atoms with van der Waals surface area (Å²) in [4.78, 5) is 18.9. The third kappa shape index (κ3) is 4.74. The fourth-order valence-electron chi connectivity index (χ4n) is 1.93. The van der Waals surface area contributed by atoms with E-state index in [0.29, 0.717) is 12.0 Å². The average Bonchev–Trinajstić information content (AvgIpc) is 2.94. The quantitative estimate of drug-likeness (QED) is 0.645. The van der Waals surface area contributed by atoms with Crippen molar-refractivity contribution in [3.63, 3.8) is 0 Å². The summed E-state index contributed by atoms with van der Waals surface area (Å²) in [6, 6.07) is 4.80. The van der Waals surface area contributed by atoms with Crippen LogP contribution in [-0.2, 0) is 4.79 Å². The van der Waals surface area contributed by atoms with E-state index in [4.69, 9.17) is 0 Å². The zero-order valence-corrected chi connectivity index (χ0v) is 13.9. The van der Waals surface area contributed by atoms with Gasteiger partial charge in [0.15, 0.2) is 5.96 Å². The number of amides is 1. The third-order valence-corrected chi connectivity index (χ3v) is 4.68. The molecule has 1 aromatic heterocycles. The summed E-state index contributed by atoms with van der Waals surface area (Å²) >= 11 is 1.72. The number of carbonyl (C=O) groups is 1. The van der Waals surface area contributed by atoms with Gasteiger partial charge >= 0.3 is 0 Å². The number of hydrogen-bond acceptors (Lipinski definition) is 3. The smallest absolute Gasteiger partial charge is 0.243 e. The molecule has 1 aliphatic carbocycles. The molecule has 1 fully saturated rings. The standard InChI is InChI=1S/C15H24N4OS/c1-10-8-12(10)18-15(16-9-14(20)19(3)4)17-11(2)13-6-5-7-21-13/h5-7,10-12H,8-9H2,1-4H3,(H2,16,17,18). The maximum Gasteiger partial charge on any atom is 0.243 e. The minimum absolute atomic E-state index is 0.00345. The normalized spacial score (nSPS) is 22.6. The lowest BCUT2D eigenvalue weighted by molar-refractivity contribution is -0.127. The topological polar surface area (TPSA) is 56.7 Å². The van der Waals surface area contributed by atoms with Gasteiger partial charge < -0.3 is 15.5 Å². The zero-order chi connectivity index (χ0) is 15.4. The summed E-state index contributed by atoms with van der Waals surface area (Å²) in [5, 5.41) is 8.85. The first-order valence-corrected chi connectivity index (χ1v) is 8.16. The molecule has 5 nitrogen and oxygen atoms in total. The summed E-state index contributed by atoms with van der Waals surface area (Å²) in [7, 11) is 3.49. The van der Waals surface area contributed by atoms with E-state index in [-0.39, 0.29) is 18.5 Å². The first-order chi connectivity index (χ1) is 9.97. The van der Waals surface area contributed by atoms with Crippen molar-refractivity contribution < 1.29 is 4.79 Å². The summed E-state index contributed by atoms with van der Waals surface area (Å²) in [6.45, 7) is 4.48. The van der Waals surface area contributed by atoms with Crippen molar-refractivity contribution in [3.05, 3.63) is 22.4 Å². The molecule has 1 aliphatic rings. The SMILES string of the molecule is CC(NC(=NCC(=O)N(C)C)NC1CC1C)c1cccs1. The highest BCUT2D eigenvalue weighted by atomic mass is 32.1. The molecule has 116 valence electrons. The Bertz CT molecular complexity index is 498. The molecule has 0 aromatic carbocycles. The molecule has 1 heterocycles. The van der Waals surface area contributed by atoms with Gasteiger partial charge in [0.1, 0.15) is 6.54 Å². The third-order valence-electron chi connectivity index (χ3n) is 3.63. The van der Waals surface area contributed by atoms with Crippen LogP contribution in [0.5, 0.6) is 0 Å². The Hall–Kier alpha value is -1.56. The van der Waals surface area contributed by atoms with E-state index in [1.807, 2.05) is 6.07 Å². The number of rotatable bonds is 5. The van der Waals surface area contributed by atoms with Gasteiger partial charge in [-0.1, -0.05) is 13.0 Å². The Kier molecular flexibility index (Phi) is 5.22. The lowest BCUT2D eigenvalue weighted by Gasteiger charge is -2.18. The van der Waals surface area contributed by atoms with Crippen molar-refractivity contribution in [2.24, 2.45) is 10.9 Å². The lowest BCUT2D eigenvalue weighted by atomic mass is 10.3. The van der Waals surface area contributed by atoms with Crippen molar-refractivity contribution in [2.45, 2.75) is 32.4 Å². The zero-order valence-electron chi connectivity index (χ0n) is 13.1. The summed E-state index contributed by atoms with van der Waals surface area (Å²) < 4.78 is 0. The fraction of sp³-hybridized carbons (Fsp3) is 0.600. The van der Waals surface area contributed by atoms with Gasteiger partial charge in [-0.3, -0.25) is 4.79 Å². The number of guanidine groups is 1. The van der Waals surface area contributed by atoms with E-state index < -0.39 is 0 Å². The summed E-state index contributed by atoms with van der Waals surface area (Å²) in [6.07, 6.45) is 1.16.